The molecule has 43 heavy (non-hydrogen) atoms. The number of hydrogen-bond donors (Lipinski definition) is 0. The highest BCUT2D eigenvalue weighted by atomic mass is 16.2. The van der Waals surface area contributed by atoms with Crippen LogP contribution in [0.4, 0.5) is 5.69 Å². The minimum absolute atomic E-state index is 0.323. The smallest absolute Gasteiger partial charge is 0.268 e. The predicted octanol–water partition coefficient (Wildman–Crippen LogP) is 8.62. The number of pyridine rings is 1. The first-order valence-electron chi connectivity index (χ1n) is 14.2. The number of imide groups is 1. The molecule has 3 heterocycles. The second-order valence-corrected chi connectivity index (χ2v) is 10.8. The fourth-order valence-electron chi connectivity index (χ4n) is 6.46. The zero-order valence-corrected chi connectivity index (χ0v) is 23.4. The predicted molar refractivity (Wildman–Crippen MR) is 172 cm³/mol. The molecule has 5 aromatic carbocycles. The lowest BCUT2D eigenvalue weighted by Crippen LogP contribution is -2.30. The standard InChI is InChI=1S/C38H25N3O2/c1-24-23-39-22-21-26(24)29-15-9-16-30-28-14-6-8-19-33(28)40(36(29)30)34-20-10-17-31-35(34)38(43)41(37(31)42)32-18-7-5-13-27(32)25-11-3-2-4-12-25/h2-23H,1H3. The number of amides is 2. The second-order valence-electron chi connectivity index (χ2n) is 10.8. The van der Waals surface area contributed by atoms with E-state index in [1.165, 1.54) is 4.90 Å². The summed E-state index contributed by atoms with van der Waals surface area (Å²) in [4.78, 5) is 34.2. The molecule has 0 N–H and O–H groups in total. The fourth-order valence-corrected chi connectivity index (χ4v) is 6.46. The molecular formula is C38H25N3O2. The van der Waals surface area contributed by atoms with Gasteiger partial charge in [-0.3, -0.25) is 14.6 Å². The van der Waals surface area contributed by atoms with Crippen molar-refractivity contribution < 1.29 is 9.59 Å². The van der Waals surface area contributed by atoms with Gasteiger partial charge in [0.1, 0.15) is 0 Å². The summed E-state index contributed by atoms with van der Waals surface area (Å²) in [5.74, 6) is -0.654. The zero-order valence-electron chi connectivity index (χ0n) is 23.4. The van der Waals surface area contributed by atoms with Crippen LogP contribution in [-0.4, -0.2) is 21.4 Å². The van der Waals surface area contributed by atoms with Crippen LogP contribution in [0.15, 0.2) is 134 Å². The number of carbonyl (C=O) groups excluding carboxylic acids is 2. The Bertz CT molecular complexity index is 2250. The van der Waals surface area contributed by atoms with Gasteiger partial charge in [0, 0.05) is 34.3 Å². The van der Waals surface area contributed by atoms with E-state index in [-0.39, 0.29) is 11.8 Å². The summed E-state index contributed by atoms with van der Waals surface area (Å²) < 4.78 is 2.15. The lowest BCUT2D eigenvalue weighted by atomic mass is 9.99. The molecule has 0 aliphatic carbocycles. The Balaban J connectivity index is 1.40. The maximum atomic E-state index is 14.5. The van der Waals surface area contributed by atoms with Gasteiger partial charge in [-0.2, -0.15) is 0 Å². The number of carbonyl (C=O) groups is 2. The first-order chi connectivity index (χ1) is 21.1. The van der Waals surface area contributed by atoms with E-state index in [9.17, 15) is 9.59 Å². The van der Waals surface area contributed by atoms with Gasteiger partial charge in [-0.25, -0.2) is 4.90 Å². The summed E-state index contributed by atoms with van der Waals surface area (Å²) in [6.07, 6.45) is 3.67. The van der Waals surface area contributed by atoms with E-state index in [1.54, 1.807) is 12.3 Å². The number of benzene rings is 5. The Morgan fingerprint density at radius 2 is 1.23 bits per heavy atom. The number of rotatable bonds is 4. The summed E-state index contributed by atoms with van der Waals surface area (Å²) in [5, 5.41) is 2.15. The number of aryl methyl sites for hydroxylation is 1. The number of nitrogens with zero attached hydrogens (tertiary/aromatic N) is 3. The van der Waals surface area contributed by atoms with Crippen LogP contribution < -0.4 is 4.90 Å². The lowest BCUT2D eigenvalue weighted by molar-refractivity contribution is 0.0926. The molecule has 0 bridgehead atoms. The van der Waals surface area contributed by atoms with Crippen LogP contribution in [0.3, 0.4) is 0 Å². The number of anilines is 1. The van der Waals surface area contributed by atoms with Crippen molar-refractivity contribution in [3.8, 4) is 27.9 Å². The third-order valence-corrected chi connectivity index (χ3v) is 8.37. The van der Waals surface area contributed by atoms with E-state index in [0.717, 1.165) is 49.6 Å². The van der Waals surface area contributed by atoms with Gasteiger partial charge in [-0.15, -0.1) is 0 Å². The van der Waals surface area contributed by atoms with Crippen molar-refractivity contribution >= 4 is 39.3 Å². The Labute approximate surface area is 248 Å². The van der Waals surface area contributed by atoms with E-state index < -0.39 is 0 Å². The van der Waals surface area contributed by atoms with Crippen LogP contribution in [0, 0.1) is 6.92 Å². The van der Waals surface area contributed by atoms with Gasteiger partial charge in [0.05, 0.1) is 33.5 Å². The van der Waals surface area contributed by atoms with Gasteiger partial charge >= 0.3 is 0 Å². The van der Waals surface area contributed by atoms with Gasteiger partial charge in [-0.1, -0.05) is 91.0 Å². The van der Waals surface area contributed by atoms with Crippen molar-refractivity contribution in [3.63, 3.8) is 0 Å². The van der Waals surface area contributed by atoms with Crippen molar-refractivity contribution in [3.05, 3.63) is 150 Å². The SMILES string of the molecule is Cc1cnccc1-c1cccc2c3ccccc3n(-c3cccc4c3C(=O)N(c3ccccc3-c3ccccc3)C4=O)c12. The first-order valence-corrected chi connectivity index (χ1v) is 14.2. The molecule has 0 spiro atoms. The largest absolute Gasteiger partial charge is 0.308 e. The van der Waals surface area contributed by atoms with Crippen LogP contribution in [-0.2, 0) is 0 Å². The van der Waals surface area contributed by atoms with Crippen molar-refractivity contribution in [2.24, 2.45) is 0 Å². The Morgan fingerprint density at radius 3 is 2.09 bits per heavy atom. The van der Waals surface area contributed by atoms with Crippen LogP contribution in [0.2, 0.25) is 0 Å². The molecular weight excluding hydrogens is 530 g/mol. The summed E-state index contributed by atoms with van der Waals surface area (Å²) in [6, 6.07) is 39.5. The number of aromatic nitrogens is 2. The summed E-state index contributed by atoms with van der Waals surface area (Å²) in [6.45, 7) is 2.05. The molecule has 0 saturated heterocycles. The number of fused-ring (bicyclic) bond motifs is 4. The molecule has 0 saturated carbocycles. The maximum Gasteiger partial charge on any atom is 0.268 e. The summed E-state index contributed by atoms with van der Waals surface area (Å²) in [5.41, 5.74) is 8.92. The highest BCUT2D eigenvalue weighted by Gasteiger charge is 2.40. The van der Waals surface area contributed by atoms with E-state index in [0.29, 0.717) is 22.5 Å². The molecule has 2 amide bonds. The Hall–Kier alpha value is -5.81. The molecule has 0 fully saturated rings. The third-order valence-electron chi connectivity index (χ3n) is 8.37. The molecule has 7 aromatic rings. The second kappa shape index (κ2) is 9.64. The molecule has 0 radical (unpaired) electrons. The topological polar surface area (TPSA) is 55.2 Å². The molecule has 0 unspecified atom stereocenters. The highest BCUT2D eigenvalue weighted by Crippen LogP contribution is 2.42. The highest BCUT2D eigenvalue weighted by molar-refractivity contribution is 6.36. The van der Waals surface area contributed by atoms with Gasteiger partial charge in [0.2, 0.25) is 0 Å². The van der Waals surface area contributed by atoms with Gasteiger partial charge in [0.15, 0.2) is 0 Å². The van der Waals surface area contributed by atoms with E-state index in [4.69, 9.17) is 0 Å². The third kappa shape index (κ3) is 3.68. The first kappa shape index (κ1) is 24.9. The molecule has 1 aliphatic heterocycles. The molecule has 1 aliphatic rings. The van der Waals surface area contributed by atoms with E-state index in [2.05, 4.69) is 46.8 Å². The monoisotopic (exact) mass is 555 g/mol. The molecule has 204 valence electrons. The molecule has 5 nitrogen and oxygen atoms in total. The Morgan fingerprint density at radius 1 is 0.558 bits per heavy atom. The average molecular weight is 556 g/mol. The van der Waals surface area contributed by atoms with Crippen molar-refractivity contribution in [1.82, 2.24) is 9.55 Å². The Kier molecular flexibility index (Phi) is 5.59. The van der Waals surface area contributed by atoms with Crippen LogP contribution in [0.25, 0.3) is 49.7 Å². The van der Waals surface area contributed by atoms with Crippen molar-refractivity contribution in [2.75, 3.05) is 4.90 Å². The molecule has 2 aromatic heterocycles. The molecule has 8 rings (SSSR count). The van der Waals surface area contributed by atoms with Crippen LogP contribution in [0.1, 0.15) is 26.3 Å². The maximum absolute atomic E-state index is 14.5. The fraction of sp³-hybridized carbons (Fsp3) is 0.0263. The van der Waals surface area contributed by atoms with Gasteiger partial charge in [-0.05, 0) is 53.9 Å². The van der Waals surface area contributed by atoms with Crippen LogP contribution in [0.5, 0.6) is 0 Å². The summed E-state index contributed by atoms with van der Waals surface area (Å²) >= 11 is 0. The van der Waals surface area contributed by atoms with Crippen molar-refractivity contribution in [1.29, 1.82) is 0 Å². The van der Waals surface area contributed by atoms with Crippen LogP contribution >= 0.6 is 0 Å². The van der Waals surface area contributed by atoms with Crippen molar-refractivity contribution in [2.45, 2.75) is 6.92 Å². The van der Waals surface area contributed by atoms with Gasteiger partial charge < -0.3 is 4.57 Å². The minimum atomic E-state index is -0.331. The average Bonchev–Trinajstić information content (AvgIpc) is 3.53. The zero-order chi connectivity index (χ0) is 29.1. The van der Waals surface area contributed by atoms with E-state index in [1.807, 2.05) is 91.1 Å². The van der Waals surface area contributed by atoms with Gasteiger partial charge in [0.25, 0.3) is 11.8 Å². The minimum Gasteiger partial charge on any atom is -0.308 e. The number of para-hydroxylation sites is 3. The normalized spacial score (nSPS) is 12.8. The van der Waals surface area contributed by atoms with E-state index >= 15 is 0 Å². The lowest BCUT2D eigenvalue weighted by Gasteiger charge is -2.19. The molecule has 5 heteroatoms. The molecule has 0 atom stereocenters. The number of hydrogen-bond acceptors (Lipinski definition) is 3. The quantitative estimate of drug-likeness (QED) is 0.204. The summed E-state index contributed by atoms with van der Waals surface area (Å²) in [7, 11) is 0.